The summed E-state index contributed by atoms with van der Waals surface area (Å²) >= 11 is -1.22. The summed E-state index contributed by atoms with van der Waals surface area (Å²) in [7, 11) is 0. The van der Waals surface area contributed by atoms with Gasteiger partial charge in [-0.1, -0.05) is 0 Å². The topological polar surface area (TPSA) is 0 Å². The van der Waals surface area contributed by atoms with E-state index in [1.54, 1.807) is 12.8 Å². The molecule has 1 heteroatoms. The van der Waals surface area contributed by atoms with Crippen LogP contribution in [0.25, 0.3) is 0 Å². The summed E-state index contributed by atoms with van der Waals surface area (Å²) in [6.45, 7) is 0. The van der Waals surface area contributed by atoms with Gasteiger partial charge in [-0.3, -0.25) is 0 Å². The van der Waals surface area contributed by atoms with E-state index < -0.39 is 13.3 Å². The molecule has 0 bridgehead atoms. The molecule has 0 saturated heterocycles. The van der Waals surface area contributed by atoms with Gasteiger partial charge in [0.15, 0.2) is 0 Å². The van der Waals surface area contributed by atoms with Crippen molar-refractivity contribution in [1.29, 1.82) is 0 Å². The van der Waals surface area contributed by atoms with Crippen LogP contribution in [-0.2, 0) is 0 Å². The fourth-order valence-corrected chi connectivity index (χ4v) is 6.46. The molecule has 1 aliphatic rings. The Labute approximate surface area is 67.8 Å². The summed E-state index contributed by atoms with van der Waals surface area (Å²) < 4.78 is 1.19. The molecule has 1 fully saturated rings. The zero-order valence-corrected chi connectivity index (χ0v) is 9.71. The fraction of sp³-hybridized carbons (Fsp3) is 1.00. The average molecular weight is 201 g/mol. The van der Waals surface area contributed by atoms with Gasteiger partial charge in [0.1, 0.15) is 0 Å². The second-order valence-electron chi connectivity index (χ2n) is 4.70. The van der Waals surface area contributed by atoms with E-state index in [1.807, 2.05) is 0 Å². The van der Waals surface area contributed by atoms with Crippen LogP contribution in [0.15, 0.2) is 0 Å². The number of rotatable bonds is 1. The number of hydrogen-bond donors (Lipinski definition) is 0. The van der Waals surface area contributed by atoms with E-state index in [4.69, 9.17) is 0 Å². The molecule has 60 valence electrons. The third kappa shape index (κ3) is 2.30. The van der Waals surface area contributed by atoms with Gasteiger partial charge in [0, 0.05) is 0 Å². The summed E-state index contributed by atoms with van der Waals surface area (Å²) in [4.78, 5) is 0. The Bertz CT molecular complexity index is 95.8. The molecule has 0 aromatic carbocycles. The molecule has 1 saturated carbocycles. The van der Waals surface area contributed by atoms with Gasteiger partial charge in [-0.15, -0.1) is 0 Å². The first-order valence-electron chi connectivity index (χ1n) is 4.61. The van der Waals surface area contributed by atoms with E-state index >= 15 is 0 Å². The van der Waals surface area contributed by atoms with Gasteiger partial charge < -0.3 is 0 Å². The van der Waals surface area contributed by atoms with Crippen LogP contribution >= 0.6 is 0 Å². The first kappa shape index (κ1) is 8.64. The molecule has 0 heterocycles. The summed E-state index contributed by atoms with van der Waals surface area (Å²) in [5.41, 5.74) is 0. The van der Waals surface area contributed by atoms with Crippen molar-refractivity contribution in [3.8, 4) is 0 Å². The molecule has 0 radical (unpaired) electrons. The molecule has 0 atom stereocenters. The second-order valence-corrected chi connectivity index (χ2v) is 16.3. The van der Waals surface area contributed by atoms with Gasteiger partial charge in [0.2, 0.25) is 0 Å². The minimum absolute atomic E-state index is 1.19. The third-order valence-electron chi connectivity index (χ3n) is 2.83. The predicted octanol–water partition coefficient (Wildman–Crippen LogP) is 3.66. The maximum absolute atomic E-state index is 2.57. The van der Waals surface area contributed by atoms with Crippen LogP contribution in [0.1, 0.15) is 32.1 Å². The van der Waals surface area contributed by atoms with Gasteiger partial charge >= 0.3 is 67.4 Å². The molecule has 0 aromatic rings. The Hall–Kier alpha value is 0.543. The van der Waals surface area contributed by atoms with Crippen LogP contribution in [0, 0.1) is 0 Å². The SMILES string of the molecule is [CH3][Ge]([CH3])([CH3])[CH]1CCCCC1. The van der Waals surface area contributed by atoms with Crippen molar-refractivity contribution in [2.24, 2.45) is 0 Å². The normalized spacial score (nSPS) is 23.1. The minimum atomic E-state index is -1.22. The molecular formula is C9H20Ge. The summed E-state index contributed by atoms with van der Waals surface area (Å²) in [5.74, 6) is 7.70. The Kier molecular flexibility index (Phi) is 2.84. The van der Waals surface area contributed by atoms with Crippen LogP contribution in [-0.4, -0.2) is 13.3 Å². The Morgan fingerprint density at radius 2 is 1.40 bits per heavy atom. The van der Waals surface area contributed by atoms with Crippen molar-refractivity contribution < 1.29 is 0 Å². The molecule has 0 N–H and O–H groups in total. The molecule has 0 amide bonds. The van der Waals surface area contributed by atoms with Gasteiger partial charge in [0.25, 0.3) is 0 Å². The standard InChI is InChI=1S/C9H20Ge/c1-10(2,3)9-7-5-4-6-8-9/h9H,4-8H2,1-3H3. The van der Waals surface area contributed by atoms with Crippen LogP contribution in [0.5, 0.6) is 0 Å². The fourth-order valence-electron chi connectivity index (χ4n) is 1.97. The molecule has 10 heavy (non-hydrogen) atoms. The van der Waals surface area contributed by atoms with Crippen molar-refractivity contribution in [3.05, 3.63) is 0 Å². The molecule has 1 aliphatic carbocycles. The molecule has 0 unspecified atom stereocenters. The quantitative estimate of drug-likeness (QED) is 0.567. The Morgan fingerprint density at radius 1 is 0.900 bits per heavy atom. The van der Waals surface area contributed by atoms with E-state index in [-0.39, 0.29) is 0 Å². The zero-order valence-electron chi connectivity index (χ0n) is 7.61. The summed E-state index contributed by atoms with van der Waals surface area (Å²) in [5, 5.41) is 0. The van der Waals surface area contributed by atoms with Crippen LogP contribution in [0.4, 0.5) is 0 Å². The van der Waals surface area contributed by atoms with E-state index in [0.29, 0.717) is 0 Å². The molecule has 0 aromatic heterocycles. The summed E-state index contributed by atoms with van der Waals surface area (Å²) in [6, 6.07) is 0. The van der Waals surface area contributed by atoms with E-state index in [9.17, 15) is 0 Å². The number of hydrogen-bond acceptors (Lipinski definition) is 0. The van der Waals surface area contributed by atoms with E-state index in [1.165, 1.54) is 24.0 Å². The molecule has 1 rings (SSSR count). The van der Waals surface area contributed by atoms with Gasteiger partial charge in [-0.05, 0) is 0 Å². The van der Waals surface area contributed by atoms with Gasteiger partial charge in [-0.2, -0.15) is 0 Å². The van der Waals surface area contributed by atoms with Crippen molar-refractivity contribution in [2.75, 3.05) is 0 Å². The van der Waals surface area contributed by atoms with Crippen molar-refractivity contribution in [1.82, 2.24) is 0 Å². The second kappa shape index (κ2) is 3.29. The average Bonchev–Trinajstić information content (AvgIpc) is 1.88. The molecular weight excluding hydrogens is 181 g/mol. The zero-order chi connectivity index (χ0) is 7.61. The van der Waals surface area contributed by atoms with Crippen molar-refractivity contribution in [2.45, 2.75) is 54.1 Å². The molecule has 0 aliphatic heterocycles. The van der Waals surface area contributed by atoms with Gasteiger partial charge in [0.05, 0.1) is 0 Å². The molecule has 0 nitrogen and oxygen atoms in total. The van der Waals surface area contributed by atoms with E-state index in [2.05, 4.69) is 17.3 Å². The first-order valence-corrected chi connectivity index (χ1v) is 12.1. The first-order chi connectivity index (χ1) is 4.61. The van der Waals surface area contributed by atoms with Crippen LogP contribution < -0.4 is 0 Å². The van der Waals surface area contributed by atoms with Crippen LogP contribution in [0.3, 0.4) is 0 Å². The third-order valence-corrected chi connectivity index (χ3v) is 9.18. The summed E-state index contributed by atoms with van der Waals surface area (Å²) in [6.07, 6.45) is 7.67. The monoisotopic (exact) mass is 202 g/mol. The van der Waals surface area contributed by atoms with E-state index in [0.717, 1.165) is 0 Å². The maximum atomic E-state index is 2.57. The van der Waals surface area contributed by atoms with Crippen molar-refractivity contribution in [3.63, 3.8) is 0 Å². The van der Waals surface area contributed by atoms with Gasteiger partial charge in [-0.25, -0.2) is 0 Å². The Morgan fingerprint density at radius 3 is 1.70 bits per heavy atom. The Balaban J connectivity index is 2.39. The predicted molar refractivity (Wildman–Crippen MR) is 50.2 cm³/mol. The molecule has 0 spiro atoms. The van der Waals surface area contributed by atoms with Crippen LogP contribution in [0.2, 0.25) is 22.0 Å². The van der Waals surface area contributed by atoms with Crippen molar-refractivity contribution >= 4 is 13.3 Å².